The number of ether oxygens (including phenoxy) is 2. The van der Waals surface area contributed by atoms with E-state index in [0.29, 0.717) is 13.0 Å². The van der Waals surface area contributed by atoms with Crippen LogP contribution in [0.2, 0.25) is 0 Å². The van der Waals surface area contributed by atoms with Gasteiger partial charge in [-0.15, -0.1) is 0 Å². The van der Waals surface area contributed by atoms with Crippen molar-refractivity contribution in [2.75, 3.05) is 25.4 Å². The Hall–Kier alpha value is -1.31. The number of sulfonamides is 1. The Bertz CT molecular complexity index is 743. The molecule has 27 heavy (non-hydrogen) atoms. The third-order valence-corrected chi connectivity index (χ3v) is 6.82. The molecule has 1 fully saturated rings. The third kappa shape index (κ3) is 5.36. The van der Waals surface area contributed by atoms with Crippen molar-refractivity contribution in [1.82, 2.24) is 9.62 Å². The van der Waals surface area contributed by atoms with Crippen LogP contribution in [0.25, 0.3) is 0 Å². The topological polar surface area (TPSA) is 67.9 Å². The highest BCUT2D eigenvalue weighted by molar-refractivity contribution is 7.89. The first-order valence-corrected chi connectivity index (χ1v) is 11.7. The number of benzene rings is 1. The lowest BCUT2D eigenvalue weighted by Crippen LogP contribution is -2.44. The summed E-state index contributed by atoms with van der Waals surface area (Å²) in [4.78, 5) is 2.37. The van der Waals surface area contributed by atoms with Gasteiger partial charge in [0.2, 0.25) is 10.0 Å². The lowest BCUT2D eigenvalue weighted by molar-refractivity contribution is 0.196. The lowest BCUT2D eigenvalue weighted by Gasteiger charge is -2.32. The fourth-order valence-electron chi connectivity index (χ4n) is 3.93. The average Bonchev–Trinajstić information content (AvgIpc) is 2.95. The summed E-state index contributed by atoms with van der Waals surface area (Å²) >= 11 is 0. The standard InChI is InChI=1S/C20H32N2O4S/c1-4-10-27(23,24)21-18-6-8-22(9-7-18)14-17-13-20-16(11-15(3)26-20)12-19(17)25-5-2/h12-13,15,18,21H,4-11,14H2,1-3H3/t15-/m0/s1. The van der Waals surface area contributed by atoms with Crippen LogP contribution in [-0.2, 0) is 23.0 Å². The van der Waals surface area contributed by atoms with Crippen molar-refractivity contribution in [3.05, 3.63) is 23.3 Å². The number of hydrogen-bond acceptors (Lipinski definition) is 5. The highest BCUT2D eigenvalue weighted by Gasteiger charge is 2.26. The van der Waals surface area contributed by atoms with Gasteiger partial charge in [-0.05, 0) is 45.2 Å². The number of nitrogens with zero attached hydrogens (tertiary/aromatic N) is 1. The molecule has 0 unspecified atom stereocenters. The minimum absolute atomic E-state index is 0.0494. The molecule has 0 radical (unpaired) electrons. The monoisotopic (exact) mass is 396 g/mol. The number of piperidine rings is 1. The number of likely N-dealkylation sites (tertiary alicyclic amines) is 1. The third-order valence-electron chi connectivity index (χ3n) is 5.18. The summed E-state index contributed by atoms with van der Waals surface area (Å²) in [5.74, 6) is 2.13. The molecule has 0 bridgehead atoms. The lowest BCUT2D eigenvalue weighted by atomic mass is 10.0. The van der Waals surface area contributed by atoms with Crippen molar-refractivity contribution in [1.29, 1.82) is 0 Å². The molecule has 1 N–H and O–H groups in total. The fourth-order valence-corrected chi connectivity index (χ4v) is 5.33. The Morgan fingerprint density at radius 1 is 1.26 bits per heavy atom. The van der Waals surface area contributed by atoms with Crippen molar-refractivity contribution in [3.63, 3.8) is 0 Å². The Kier molecular flexibility index (Phi) is 6.65. The minimum Gasteiger partial charge on any atom is -0.494 e. The summed E-state index contributed by atoms with van der Waals surface area (Å²) < 4.78 is 38.6. The Balaban J connectivity index is 1.61. The zero-order valence-electron chi connectivity index (χ0n) is 16.7. The van der Waals surface area contributed by atoms with Crippen LogP contribution < -0.4 is 14.2 Å². The molecule has 3 rings (SSSR count). The average molecular weight is 397 g/mol. The number of rotatable bonds is 8. The first-order valence-electron chi connectivity index (χ1n) is 10.1. The maximum Gasteiger partial charge on any atom is 0.211 e. The zero-order chi connectivity index (χ0) is 19.4. The second-order valence-electron chi connectivity index (χ2n) is 7.62. The molecule has 0 amide bonds. The second kappa shape index (κ2) is 8.80. The van der Waals surface area contributed by atoms with Crippen LogP contribution in [-0.4, -0.2) is 50.9 Å². The van der Waals surface area contributed by atoms with E-state index < -0.39 is 10.0 Å². The van der Waals surface area contributed by atoms with Crippen LogP contribution in [0.15, 0.2) is 12.1 Å². The van der Waals surface area contributed by atoms with E-state index in [-0.39, 0.29) is 17.9 Å². The highest BCUT2D eigenvalue weighted by atomic mass is 32.2. The molecule has 1 aromatic rings. The van der Waals surface area contributed by atoms with E-state index in [0.717, 1.165) is 56.0 Å². The van der Waals surface area contributed by atoms with Gasteiger partial charge in [0.15, 0.2) is 0 Å². The predicted octanol–water partition coefficient (Wildman–Crippen LogP) is 2.70. The summed E-state index contributed by atoms with van der Waals surface area (Å²) in [5, 5.41) is 0. The van der Waals surface area contributed by atoms with E-state index in [1.165, 1.54) is 5.56 Å². The quantitative estimate of drug-likeness (QED) is 0.732. The molecule has 2 aliphatic heterocycles. The van der Waals surface area contributed by atoms with Crippen molar-refractivity contribution in [3.8, 4) is 11.5 Å². The van der Waals surface area contributed by atoms with Crippen LogP contribution in [0.3, 0.4) is 0 Å². The summed E-state index contributed by atoms with van der Waals surface area (Å²) in [6.45, 7) is 9.17. The van der Waals surface area contributed by atoms with Crippen LogP contribution in [0.1, 0.15) is 51.2 Å². The van der Waals surface area contributed by atoms with E-state index in [4.69, 9.17) is 9.47 Å². The normalized spacial score (nSPS) is 21.1. The fraction of sp³-hybridized carbons (Fsp3) is 0.700. The van der Waals surface area contributed by atoms with E-state index >= 15 is 0 Å². The van der Waals surface area contributed by atoms with Gasteiger partial charge < -0.3 is 9.47 Å². The Morgan fingerprint density at radius 2 is 2.00 bits per heavy atom. The summed E-state index contributed by atoms with van der Waals surface area (Å²) in [5.41, 5.74) is 2.37. The van der Waals surface area contributed by atoms with E-state index in [1.54, 1.807) is 0 Å². The molecule has 6 nitrogen and oxygen atoms in total. The Labute approximate surface area is 163 Å². The van der Waals surface area contributed by atoms with Crippen molar-refractivity contribution in [2.45, 2.75) is 65.1 Å². The van der Waals surface area contributed by atoms with Crippen molar-refractivity contribution < 1.29 is 17.9 Å². The number of hydrogen-bond donors (Lipinski definition) is 1. The van der Waals surface area contributed by atoms with Gasteiger partial charge in [0, 0.05) is 43.2 Å². The van der Waals surface area contributed by atoms with Gasteiger partial charge in [0.25, 0.3) is 0 Å². The molecule has 2 aliphatic rings. The largest absolute Gasteiger partial charge is 0.494 e. The highest BCUT2D eigenvalue weighted by Crippen LogP contribution is 2.36. The van der Waals surface area contributed by atoms with Crippen LogP contribution in [0.5, 0.6) is 11.5 Å². The molecule has 0 aromatic heterocycles. The summed E-state index contributed by atoms with van der Waals surface area (Å²) in [6.07, 6.45) is 3.47. The van der Waals surface area contributed by atoms with E-state index in [1.807, 2.05) is 13.8 Å². The number of fused-ring (bicyclic) bond motifs is 1. The Morgan fingerprint density at radius 3 is 2.67 bits per heavy atom. The molecule has 7 heteroatoms. The van der Waals surface area contributed by atoms with Crippen molar-refractivity contribution in [2.24, 2.45) is 0 Å². The van der Waals surface area contributed by atoms with Gasteiger partial charge in [0.05, 0.1) is 12.4 Å². The molecular weight excluding hydrogens is 364 g/mol. The first-order chi connectivity index (χ1) is 12.9. The second-order valence-corrected chi connectivity index (χ2v) is 9.49. The predicted molar refractivity (Wildman–Crippen MR) is 107 cm³/mol. The van der Waals surface area contributed by atoms with Gasteiger partial charge in [-0.1, -0.05) is 6.92 Å². The maximum absolute atomic E-state index is 12.0. The van der Waals surface area contributed by atoms with Gasteiger partial charge in [-0.2, -0.15) is 0 Å². The smallest absolute Gasteiger partial charge is 0.211 e. The maximum atomic E-state index is 12.0. The van der Waals surface area contributed by atoms with Crippen LogP contribution in [0.4, 0.5) is 0 Å². The van der Waals surface area contributed by atoms with Crippen molar-refractivity contribution >= 4 is 10.0 Å². The molecule has 0 aliphatic carbocycles. The van der Waals surface area contributed by atoms with E-state index in [9.17, 15) is 8.42 Å². The molecular formula is C20H32N2O4S. The SMILES string of the molecule is CCCS(=O)(=O)NC1CCN(Cc2cc3c(cc2OCC)C[C@H](C)O3)CC1. The molecule has 0 saturated carbocycles. The van der Waals surface area contributed by atoms with E-state index in [2.05, 4.69) is 28.7 Å². The summed E-state index contributed by atoms with van der Waals surface area (Å²) in [7, 11) is -3.14. The van der Waals surface area contributed by atoms with Crippen LogP contribution in [0, 0.1) is 0 Å². The first kappa shape index (κ1) is 20.4. The molecule has 152 valence electrons. The summed E-state index contributed by atoms with van der Waals surface area (Å²) in [6, 6.07) is 4.30. The molecule has 1 aromatic carbocycles. The zero-order valence-corrected chi connectivity index (χ0v) is 17.5. The van der Waals surface area contributed by atoms with Gasteiger partial charge in [-0.3, -0.25) is 4.90 Å². The molecule has 1 saturated heterocycles. The van der Waals surface area contributed by atoms with Crippen LogP contribution >= 0.6 is 0 Å². The molecule has 1 atom stereocenters. The molecule has 0 spiro atoms. The van der Waals surface area contributed by atoms with Gasteiger partial charge in [0.1, 0.15) is 17.6 Å². The number of nitrogens with one attached hydrogen (secondary N) is 1. The van der Waals surface area contributed by atoms with Gasteiger partial charge in [-0.25, -0.2) is 13.1 Å². The molecule has 2 heterocycles. The van der Waals surface area contributed by atoms with Gasteiger partial charge >= 0.3 is 0 Å². The minimum atomic E-state index is -3.14.